The van der Waals surface area contributed by atoms with Crippen molar-refractivity contribution < 1.29 is 47.5 Å². The highest BCUT2D eigenvalue weighted by atomic mass is 16.8. The maximum atomic E-state index is 13.7. The molecular formula is C36H43NO10. The molecule has 0 spiro atoms. The van der Waals surface area contributed by atoms with Crippen molar-refractivity contribution in [3.05, 3.63) is 83.4 Å². The molecule has 2 aromatic rings. The molecule has 5 aliphatic rings. The molecule has 0 aliphatic carbocycles. The minimum absolute atomic E-state index is 0.336. The van der Waals surface area contributed by atoms with Gasteiger partial charge >= 0.3 is 0 Å². The van der Waals surface area contributed by atoms with E-state index in [0.29, 0.717) is 17.7 Å². The minimum atomic E-state index is -1.02. The second-order valence-corrected chi connectivity index (χ2v) is 14.5. The molecule has 252 valence electrons. The van der Waals surface area contributed by atoms with Gasteiger partial charge in [-0.15, -0.1) is 0 Å². The number of hydrogen-bond acceptors (Lipinski definition) is 10. The minimum Gasteiger partial charge on any atom is -0.345 e. The van der Waals surface area contributed by atoms with Crippen LogP contribution in [0.5, 0.6) is 0 Å². The molecule has 0 radical (unpaired) electrons. The Bertz CT molecular complexity index is 1500. The van der Waals surface area contributed by atoms with Crippen LogP contribution in [0, 0.1) is 0 Å². The largest absolute Gasteiger partial charge is 0.345 e. The van der Waals surface area contributed by atoms with Crippen LogP contribution in [-0.2, 0) is 44.5 Å². The van der Waals surface area contributed by atoms with Crippen LogP contribution >= 0.6 is 0 Å². The van der Waals surface area contributed by atoms with Gasteiger partial charge in [-0.2, -0.15) is 0 Å². The van der Waals surface area contributed by atoms with Crippen LogP contribution in [0.15, 0.2) is 66.7 Å². The Labute approximate surface area is 275 Å². The van der Waals surface area contributed by atoms with E-state index < -0.39 is 84.2 Å². The van der Waals surface area contributed by atoms with Crippen LogP contribution in [0.25, 0.3) is 0 Å². The number of rotatable bonds is 7. The van der Waals surface area contributed by atoms with Crippen LogP contribution < -0.4 is 0 Å². The third-order valence-electron chi connectivity index (χ3n) is 8.78. The molecule has 0 saturated carbocycles. The molecule has 47 heavy (non-hydrogen) atoms. The predicted molar refractivity (Wildman–Crippen MR) is 167 cm³/mol. The zero-order valence-corrected chi connectivity index (χ0v) is 27.8. The molecule has 0 N–H and O–H groups in total. The van der Waals surface area contributed by atoms with Crippen LogP contribution in [0.3, 0.4) is 0 Å². The Morgan fingerprint density at radius 3 is 1.77 bits per heavy atom. The van der Waals surface area contributed by atoms with Gasteiger partial charge in [0.05, 0.1) is 23.3 Å². The van der Waals surface area contributed by atoms with Crippen molar-refractivity contribution >= 4 is 11.8 Å². The lowest BCUT2D eigenvalue weighted by Crippen LogP contribution is -2.64. The maximum Gasteiger partial charge on any atom is 0.262 e. The molecule has 5 heterocycles. The van der Waals surface area contributed by atoms with Crippen molar-refractivity contribution in [1.29, 1.82) is 0 Å². The summed E-state index contributed by atoms with van der Waals surface area (Å²) in [5, 5.41) is 0. The van der Waals surface area contributed by atoms with Crippen LogP contribution in [0.4, 0.5) is 0 Å². The highest BCUT2D eigenvalue weighted by molar-refractivity contribution is 6.21. The molecule has 4 fully saturated rings. The highest BCUT2D eigenvalue weighted by Crippen LogP contribution is 2.44. The molecule has 7 rings (SSSR count). The second kappa shape index (κ2) is 11.9. The number of imide groups is 1. The van der Waals surface area contributed by atoms with Gasteiger partial charge in [-0.3, -0.25) is 14.5 Å². The lowest BCUT2D eigenvalue weighted by atomic mass is 9.94. The lowest BCUT2D eigenvalue weighted by Gasteiger charge is -2.46. The van der Waals surface area contributed by atoms with Crippen molar-refractivity contribution in [1.82, 2.24) is 4.90 Å². The fourth-order valence-electron chi connectivity index (χ4n) is 7.00. The Balaban J connectivity index is 1.16. The zero-order chi connectivity index (χ0) is 33.3. The van der Waals surface area contributed by atoms with Gasteiger partial charge in [-0.05, 0) is 66.2 Å². The molecule has 5 aliphatic heterocycles. The third kappa shape index (κ3) is 6.31. The number of carbonyl (C=O) groups excluding carboxylic acids is 2. The number of nitrogens with zero attached hydrogens (tertiary/aromatic N) is 1. The maximum absolute atomic E-state index is 13.7. The highest BCUT2D eigenvalue weighted by Gasteiger charge is 2.61. The fraction of sp³-hybridized carbons (Fsp3) is 0.556. The Hall–Kier alpha value is -3.00. The second-order valence-electron chi connectivity index (χ2n) is 14.5. The Kier molecular flexibility index (Phi) is 8.21. The van der Waals surface area contributed by atoms with Crippen LogP contribution in [0.1, 0.15) is 74.7 Å². The topological polar surface area (TPSA) is 111 Å². The first-order valence-electron chi connectivity index (χ1n) is 16.2. The molecule has 0 bridgehead atoms. The van der Waals surface area contributed by atoms with Crippen LogP contribution in [-0.4, -0.2) is 89.1 Å². The van der Waals surface area contributed by atoms with E-state index in [1.165, 1.54) is 4.90 Å². The fourth-order valence-corrected chi connectivity index (χ4v) is 7.00. The number of fused-ring (bicyclic) bond motifs is 3. The number of carbonyl (C=O) groups is 2. The smallest absolute Gasteiger partial charge is 0.262 e. The van der Waals surface area contributed by atoms with Crippen molar-refractivity contribution in [3.8, 4) is 0 Å². The van der Waals surface area contributed by atoms with Gasteiger partial charge in [0, 0.05) is 0 Å². The van der Waals surface area contributed by atoms with Gasteiger partial charge < -0.3 is 37.9 Å². The molecule has 0 aromatic heterocycles. The summed E-state index contributed by atoms with van der Waals surface area (Å²) in [5.74, 6) is -2.67. The van der Waals surface area contributed by atoms with Gasteiger partial charge in [0.15, 0.2) is 24.2 Å². The van der Waals surface area contributed by atoms with E-state index >= 15 is 0 Å². The summed E-state index contributed by atoms with van der Waals surface area (Å²) in [6.07, 6.45) is -1.42. The summed E-state index contributed by atoms with van der Waals surface area (Å²) >= 11 is 0. The summed E-state index contributed by atoms with van der Waals surface area (Å²) in [6, 6.07) is 15.7. The summed E-state index contributed by atoms with van der Waals surface area (Å²) in [7, 11) is 0. The van der Waals surface area contributed by atoms with Gasteiger partial charge in [-0.25, -0.2) is 0 Å². The van der Waals surface area contributed by atoms with E-state index in [2.05, 4.69) is 0 Å². The normalized spacial score (nSPS) is 35.8. The molecular weight excluding hydrogens is 606 g/mol. The first-order valence-corrected chi connectivity index (χ1v) is 16.2. The summed E-state index contributed by atoms with van der Waals surface area (Å²) in [4.78, 5) is 28.6. The quantitative estimate of drug-likeness (QED) is 0.308. The number of amides is 2. The van der Waals surface area contributed by atoms with Gasteiger partial charge in [0.25, 0.3) is 11.8 Å². The van der Waals surface area contributed by atoms with E-state index in [4.69, 9.17) is 37.9 Å². The van der Waals surface area contributed by atoms with E-state index in [0.717, 1.165) is 5.56 Å². The van der Waals surface area contributed by atoms with Crippen LogP contribution in [0.2, 0.25) is 0 Å². The molecule has 11 heteroatoms. The average molecular weight is 650 g/mol. The van der Waals surface area contributed by atoms with Gasteiger partial charge in [0.1, 0.15) is 42.7 Å². The van der Waals surface area contributed by atoms with E-state index in [9.17, 15) is 9.59 Å². The number of hydrogen-bond donors (Lipinski definition) is 0. The van der Waals surface area contributed by atoms with Crippen molar-refractivity contribution in [2.75, 3.05) is 0 Å². The number of benzene rings is 2. The molecule has 0 unspecified atom stereocenters. The van der Waals surface area contributed by atoms with E-state index in [1.807, 2.05) is 77.1 Å². The molecule has 2 amide bonds. The standard InChI is InChI=1S/C36H43NO10/c1-34(2,3)47-32-25(37-30(38)21-15-11-12-16-22(21)31(37)39)28-26(43-35(4,5)45-28)23(41-32)17-18-24-27-29(46-36(6,7)44-27)33(42-24)40-19-20-13-9-8-10-14-20/h8-18,23-29,32-33H,19H2,1-7H3/b18-17-/t23-,24-,25-,26+,27-,28-,29-,32+,33-/m1/s1. The molecule has 11 nitrogen and oxygen atoms in total. The molecule has 4 saturated heterocycles. The monoisotopic (exact) mass is 649 g/mol. The predicted octanol–water partition coefficient (Wildman–Crippen LogP) is 4.73. The summed E-state index contributed by atoms with van der Waals surface area (Å²) in [6.45, 7) is 13.4. The van der Waals surface area contributed by atoms with E-state index in [-0.39, 0.29) is 0 Å². The van der Waals surface area contributed by atoms with Crippen molar-refractivity contribution in [2.45, 2.75) is 127 Å². The first-order chi connectivity index (χ1) is 22.2. The summed E-state index contributed by atoms with van der Waals surface area (Å²) in [5.41, 5.74) is 1.01. The lowest BCUT2D eigenvalue weighted by molar-refractivity contribution is -0.272. The van der Waals surface area contributed by atoms with E-state index in [1.54, 1.807) is 38.1 Å². The molecule has 2 aromatic carbocycles. The van der Waals surface area contributed by atoms with Gasteiger partial charge in [0.2, 0.25) is 0 Å². The van der Waals surface area contributed by atoms with Crippen molar-refractivity contribution in [2.24, 2.45) is 0 Å². The average Bonchev–Trinajstić information content (AvgIpc) is 3.68. The third-order valence-corrected chi connectivity index (χ3v) is 8.78. The number of ether oxygens (including phenoxy) is 8. The summed E-state index contributed by atoms with van der Waals surface area (Å²) < 4.78 is 50.9. The van der Waals surface area contributed by atoms with Gasteiger partial charge in [-0.1, -0.05) is 54.6 Å². The zero-order valence-electron chi connectivity index (χ0n) is 27.8. The van der Waals surface area contributed by atoms with Crippen molar-refractivity contribution in [3.63, 3.8) is 0 Å². The Morgan fingerprint density at radius 1 is 0.702 bits per heavy atom. The Morgan fingerprint density at radius 2 is 1.19 bits per heavy atom. The SMILES string of the molecule is CC(C)(C)O[C@@H]1O[C@H](/C=C\[C@H]2O[C@@H](OCc3ccccc3)[C@@H]3OC(C)(C)O[C@@H]32)[C@@H]2OC(C)(C)O[C@@H]2[C@H]1N1C(=O)c2ccccc2C1=O. The first kappa shape index (κ1) is 32.5. The molecule has 9 atom stereocenters.